The topological polar surface area (TPSA) is 224 Å². The van der Waals surface area contributed by atoms with Crippen LogP contribution in [0.5, 0.6) is 0 Å². The molecule has 15 heteroatoms. The lowest BCUT2D eigenvalue weighted by molar-refractivity contribution is -0.132. The molecule has 0 unspecified atom stereocenters. The second-order valence-electron chi connectivity index (χ2n) is 14.5. The predicted molar refractivity (Wildman–Crippen MR) is 223 cm³/mol. The molecule has 6 amide bonds. The quantitative estimate of drug-likeness (QED) is 0.0947. The van der Waals surface area contributed by atoms with E-state index in [1.165, 1.54) is 6.92 Å². The summed E-state index contributed by atoms with van der Waals surface area (Å²) in [5.41, 5.74) is 12.4. The number of benzene rings is 3. The molecule has 58 heavy (non-hydrogen) atoms. The Hall–Kier alpha value is -6.22. The summed E-state index contributed by atoms with van der Waals surface area (Å²) in [6.07, 6.45) is 1.45. The first-order valence-electron chi connectivity index (χ1n) is 19.6. The lowest BCUT2D eigenvalue weighted by Crippen LogP contribution is -2.55. The Bertz CT molecular complexity index is 1980. The number of aliphatic hydroxyl groups is 1. The highest BCUT2D eigenvalue weighted by molar-refractivity contribution is 6.02. The fraction of sp³-hybridized carbons (Fsp3) is 0.395. The summed E-state index contributed by atoms with van der Waals surface area (Å²) >= 11 is 0. The van der Waals surface area contributed by atoms with Gasteiger partial charge in [0.2, 0.25) is 35.4 Å². The van der Waals surface area contributed by atoms with Gasteiger partial charge in [0, 0.05) is 35.7 Å². The van der Waals surface area contributed by atoms with Crippen LogP contribution in [-0.4, -0.2) is 71.8 Å². The van der Waals surface area contributed by atoms with Gasteiger partial charge < -0.3 is 47.6 Å². The van der Waals surface area contributed by atoms with Crippen molar-refractivity contribution in [2.24, 2.45) is 11.7 Å². The number of aliphatic hydroxyl groups excluding tert-OH is 1. The number of nitrogens with one attached hydrogen (secondary N) is 6. The van der Waals surface area contributed by atoms with Crippen LogP contribution in [0, 0.1) is 5.92 Å². The number of hydrogen-bond acceptors (Lipinski definition) is 9. The number of nitrogens with zero attached hydrogens (tertiary/aromatic N) is 1. The van der Waals surface area contributed by atoms with Crippen LogP contribution in [0.25, 0.3) is 11.4 Å². The molecule has 2 atom stereocenters. The first-order valence-corrected chi connectivity index (χ1v) is 19.6. The van der Waals surface area contributed by atoms with Gasteiger partial charge in [-0.25, -0.2) is 0 Å². The minimum absolute atomic E-state index is 0.127. The minimum atomic E-state index is -1.00. The zero-order chi connectivity index (χ0) is 42.4. The van der Waals surface area contributed by atoms with Gasteiger partial charge in [-0.05, 0) is 55.0 Å². The number of amides is 6. The van der Waals surface area contributed by atoms with Crippen LogP contribution in [0.4, 0.5) is 11.4 Å². The van der Waals surface area contributed by atoms with Crippen LogP contribution in [0.2, 0.25) is 0 Å². The summed E-state index contributed by atoms with van der Waals surface area (Å²) in [4.78, 5) is 79.3. The van der Waals surface area contributed by atoms with E-state index >= 15 is 0 Å². The van der Waals surface area contributed by atoms with Gasteiger partial charge >= 0.3 is 0 Å². The van der Waals surface area contributed by atoms with Crippen LogP contribution >= 0.6 is 0 Å². The molecule has 0 saturated heterocycles. The van der Waals surface area contributed by atoms with Crippen molar-refractivity contribution in [2.75, 3.05) is 23.3 Å². The molecule has 4 rings (SSSR count). The van der Waals surface area contributed by atoms with Crippen LogP contribution in [0.1, 0.15) is 82.6 Å². The molecular formula is C43H56N8O7. The fourth-order valence-electron chi connectivity index (χ4n) is 6.39. The van der Waals surface area contributed by atoms with Crippen LogP contribution in [0.3, 0.4) is 0 Å². The van der Waals surface area contributed by atoms with Crippen LogP contribution in [0.15, 0.2) is 72.8 Å². The van der Waals surface area contributed by atoms with Crippen molar-refractivity contribution in [1.82, 2.24) is 26.6 Å². The highest BCUT2D eigenvalue weighted by atomic mass is 16.3. The Labute approximate surface area is 339 Å². The maximum Gasteiger partial charge on any atom is 0.246 e. The van der Waals surface area contributed by atoms with E-state index in [-0.39, 0.29) is 43.9 Å². The molecule has 1 heterocycles. The third kappa shape index (κ3) is 12.1. The van der Waals surface area contributed by atoms with Crippen LogP contribution < -0.4 is 42.5 Å². The smallest absolute Gasteiger partial charge is 0.246 e. The number of anilines is 2. The molecule has 0 radical (unpaired) electrons. The summed E-state index contributed by atoms with van der Waals surface area (Å²) in [5, 5.41) is 25.6. The zero-order valence-electron chi connectivity index (χ0n) is 33.8. The van der Waals surface area contributed by atoms with Gasteiger partial charge in [-0.1, -0.05) is 82.3 Å². The van der Waals surface area contributed by atoms with Gasteiger partial charge in [-0.2, -0.15) is 0 Å². The van der Waals surface area contributed by atoms with Crippen molar-refractivity contribution in [3.8, 4) is 0 Å². The lowest BCUT2D eigenvalue weighted by Gasteiger charge is -2.32. The molecule has 3 aromatic rings. The minimum Gasteiger partial charge on any atom is -0.397 e. The third-order valence-electron chi connectivity index (χ3n) is 9.88. The number of nitrogens with two attached hydrogens (primary N) is 1. The van der Waals surface area contributed by atoms with E-state index < -0.39 is 54.7 Å². The fourth-order valence-corrected chi connectivity index (χ4v) is 6.39. The molecule has 1 aliphatic heterocycles. The molecule has 0 aromatic heterocycles. The second-order valence-corrected chi connectivity index (χ2v) is 14.5. The normalized spacial score (nSPS) is 14.5. The average Bonchev–Trinajstić information content (AvgIpc) is 3.22. The largest absolute Gasteiger partial charge is 0.397 e. The summed E-state index contributed by atoms with van der Waals surface area (Å²) in [6.45, 7) is 8.36. The van der Waals surface area contributed by atoms with E-state index in [2.05, 4.69) is 45.7 Å². The molecule has 15 nitrogen and oxygen atoms in total. The summed E-state index contributed by atoms with van der Waals surface area (Å²) in [7, 11) is 0. The van der Waals surface area contributed by atoms with E-state index in [9.17, 15) is 33.9 Å². The van der Waals surface area contributed by atoms with Gasteiger partial charge in [0.15, 0.2) is 0 Å². The van der Waals surface area contributed by atoms with Crippen molar-refractivity contribution < 1.29 is 33.9 Å². The number of carbonyl (C=O) groups is 6. The zero-order valence-corrected chi connectivity index (χ0v) is 33.8. The highest BCUT2D eigenvalue weighted by Gasteiger charge is 2.29. The highest BCUT2D eigenvalue weighted by Crippen LogP contribution is 2.35. The maximum atomic E-state index is 13.8. The molecule has 3 aromatic carbocycles. The Morgan fingerprint density at radius 3 is 2.02 bits per heavy atom. The third-order valence-corrected chi connectivity index (χ3v) is 9.88. The summed E-state index contributed by atoms with van der Waals surface area (Å²) in [5.74, 6) is -3.52. The molecule has 0 fully saturated rings. The first-order chi connectivity index (χ1) is 27.8. The van der Waals surface area contributed by atoms with Crippen molar-refractivity contribution in [3.05, 3.63) is 95.1 Å². The van der Waals surface area contributed by atoms with Crippen LogP contribution in [-0.2, 0) is 41.9 Å². The first kappa shape index (κ1) is 44.5. The van der Waals surface area contributed by atoms with E-state index in [0.29, 0.717) is 22.6 Å². The van der Waals surface area contributed by atoms with E-state index in [1.807, 2.05) is 48.5 Å². The Kier molecular flexibility index (Phi) is 16.4. The average molecular weight is 797 g/mol. The predicted octanol–water partition coefficient (Wildman–Crippen LogP) is 2.89. The molecular weight excluding hydrogens is 741 g/mol. The Morgan fingerprint density at radius 1 is 0.741 bits per heavy atom. The van der Waals surface area contributed by atoms with Gasteiger partial charge in [-0.15, -0.1) is 0 Å². The SMILES string of the molecule is CCC(CC)N/C1=C(\N)c2ccccc2CN(C(=O)CCC(=O)NCC(=O)NCC(=O)N[C@H](C(=O)N[C@@H](C)C(=O)Nc2ccc(CO)cc2)C(C)C)c2ccccc21. The summed E-state index contributed by atoms with van der Waals surface area (Å²) < 4.78 is 0. The maximum absolute atomic E-state index is 13.8. The van der Waals surface area contributed by atoms with E-state index in [1.54, 1.807) is 43.0 Å². The van der Waals surface area contributed by atoms with E-state index in [4.69, 9.17) is 5.73 Å². The molecule has 0 saturated carbocycles. The molecule has 0 aliphatic carbocycles. The second kappa shape index (κ2) is 21.3. The summed E-state index contributed by atoms with van der Waals surface area (Å²) in [6, 6.07) is 20.0. The number of para-hydroxylation sites is 1. The van der Waals surface area contributed by atoms with Crippen molar-refractivity contribution in [1.29, 1.82) is 0 Å². The number of rotatable bonds is 18. The van der Waals surface area contributed by atoms with Gasteiger partial charge in [0.05, 0.1) is 43.3 Å². The molecule has 9 N–H and O–H groups in total. The number of fused-ring (bicyclic) bond motifs is 2. The number of hydrogen-bond donors (Lipinski definition) is 8. The number of carbonyl (C=O) groups excluding carboxylic acids is 6. The van der Waals surface area contributed by atoms with Crippen molar-refractivity contribution in [3.63, 3.8) is 0 Å². The molecule has 1 aliphatic rings. The molecule has 0 bridgehead atoms. The van der Waals surface area contributed by atoms with Gasteiger partial charge in [0.1, 0.15) is 12.1 Å². The van der Waals surface area contributed by atoms with Crippen molar-refractivity contribution >= 4 is 58.2 Å². The Balaban J connectivity index is 1.27. The standard InChI is InChI=1S/C43H56N8O7/c1-6-30(7-2)48-41-33-14-10-11-15-34(33)51(24-29-12-8-9-13-32(29)39(41)44)38(56)21-20-35(53)45-22-36(54)46-23-37(55)50-40(26(3)4)43(58)47-27(5)42(57)49-31-18-16-28(25-52)17-19-31/h8-19,26-27,30,40,48,52H,6-7,20-25,44H2,1-5H3,(H,45,53)(H,46,54)(H,47,58)(H,49,57)(H,50,55)/b41-39-/t27-,40-/m0/s1. The lowest BCUT2D eigenvalue weighted by atomic mass is 9.95. The van der Waals surface area contributed by atoms with Gasteiger partial charge in [-0.3, -0.25) is 28.8 Å². The van der Waals surface area contributed by atoms with Crippen molar-refractivity contribution in [2.45, 2.75) is 91.6 Å². The molecule has 0 spiro atoms. The monoisotopic (exact) mass is 796 g/mol. The molecule has 310 valence electrons. The Morgan fingerprint density at radius 2 is 1.36 bits per heavy atom. The van der Waals surface area contributed by atoms with E-state index in [0.717, 1.165) is 35.2 Å². The van der Waals surface area contributed by atoms with Gasteiger partial charge in [0.25, 0.3) is 0 Å².